The highest BCUT2D eigenvalue weighted by atomic mass is 16.1. The van der Waals surface area contributed by atoms with Crippen molar-refractivity contribution < 1.29 is 0 Å². The second kappa shape index (κ2) is 7.09. The Morgan fingerprint density at radius 1 is 1.14 bits per heavy atom. The number of hydrogen-bond acceptors (Lipinski definition) is 2. The zero-order chi connectivity index (χ0) is 16.1. The average Bonchev–Trinajstić information content (AvgIpc) is 2.51. The molecule has 0 saturated heterocycles. The first-order valence-corrected chi connectivity index (χ1v) is 7.75. The monoisotopic (exact) mass is 294 g/mol. The number of pyridine rings is 1. The molecule has 2 aromatic rings. The van der Waals surface area contributed by atoms with E-state index in [-0.39, 0.29) is 12.0 Å². The smallest absolute Gasteiger partial charge is 0.255 e. The quantitative estimate of drug-likeness (QED) is 0.842. The molecule has 0 atom stereocenters. The molecule has 1 aromatic carbocycles. The SMILES string of the molecule is CCc1ccc(-c2ccc(CC#N)c(=O)n2CC(C)C)cc1. The van der Waals surface area contributed by atoms with Crippen molar-refractivity contribution in [1.82, 2.24) is 4.57 Å². The van der Waals surface area contributed by atoms with E-state index in [1.165, 1.54) is 5.56 Å². The Hall–Kier alpha value is -2.34. The zero-order valence-corrected chi connectivity index (χ0v) is 13.5. The molecule has 2 rings (SSSR count). The highest BCUT2D eigenvalue weighted by Crippen LogP contribution is 2.20. The molecule has 3 heteroatoms. The van der Waals surface area contributed by atoms with Gasteiger partial charge in [0.05, 0.1) is 18.2 Å². The Morgan fingerprint density at radius 3 is 2.36 bits per heavy atom. The molecule has 114 valence electrons. The van der Waals surface area contributed by atoms with Crippen LogP contribution in [0.25, 0.3) is 11.3 Å². The molecule has 0 N–H and O–H groups in total. The van der Waals surface area contributed by atoms with Gasteiger partial charge in [0.2, 0.25) is 0 Å². The van der Waals surface area contributed by atoms with E-state index < -0.39 is 0 Å². The second-order valence-electron chi connectivity index (χ2n) is 5.94. The van der Waals surface area contributed by atoms with Crippen molar-refractivity contribution in [3.8, 4) is 17.3 Å². The van der Waals surface area contributed by atoms with Crippen LogP contribution in [0.4, 0.5) is 0 Å². The van der Waals surface area contributed by atoms with E-state index in [4.69, 9.17) is 5.26 Å². The van der Waals surface area contributed by atoms with Crippen LogP contribution in [0.2, 0.25) is 0 Å². The van der Waals surface area contributed by atoms with Gasteiger partial charge in [0.1, 0.15) is 0 Å². The molecule has 0 spiro atoms. The Morgan fingerprint density at radius 2 is 1.82 bits per heavy atom. The minimum absolute atomic E-state index is 0.0488. The zero-order valence-electron chi connectivity index (χ0n) is 13.5. The Labute approximate surface area is 131 Å². The van der Waals surface area contributed by atoms with Gasteiger partial charge in [-0.2, -0.15) is 5.26 Å². The average molecular weight is 294 g/mol. The van der Waals surface area contributed by atoms with Gasteiger partial charge in [0, 0.05) is 12.1 Å². The lowest BCUT2D eigenvalue weighted by Crippen LogP contribution is -2.26. The van der Waals surface area contributed by atoms with Gasteiger partial charge < -0.3 is 4.57 Å². The van der Waals surface area contributed by atoms with Crippen LogP contribution in [0.1, 0.15) is 31.9 Å². The van der Waals surface area contributed by atoms with Crippen LogP contribution >= 0.6 is 0 Å². The Balaban J connectivity index is 2.56. The molecule has 0 bridgehead atoms. The summed E-state index contributed by atoms with van der Waals surface area (Å²) in [7, 11) is 0. The highest BCUT2D eigenvalue weighted by Gasteiger charge is 2.11. The molecular weight excluding hydrogens is 272 g/mol. The first-order valence-electron chi connectivity index (χ1n) is 7.75. The third kappa shape index (κ3) is 3.46. The number of hydrogen-bond donors (Lipinski definition) is 0. The lowest BCUT2D eigenvalue weighted by molar-refractivity contribution is 0.513. The summed E-state index contributed by atoms with van der Waals surface area (Å²) in [5, 5.41) is 8.86. The van der Waals surface area contributed by atoms with Crippen molar-refractivity contribution in [2.24, 2.45) is 5.92 Å². The van der Waals surface area contributed by atoms with E-state index in [1.54, 1.807) is 10.6 Å². The van der Waals surface area contributed by atoms with Gasteiger partial charge in [0.15, 0.2) is 0 Å². The predicted molar refractivity (Wildman–Crippen MR) is 89.7 cm³/mol. The highest BCUT2D eigenvalue weighted by molar-refractivity contribution is 5.60. The first-order chi connectivity index (χ1) is 10.6. The standard InChI is InChI=1S/C19H22N2O/c1-4-15-5-7-16(8-6-15)18-10-9-17(11-12-20)19(22)21(18)13-14(2)3/h5-10,14H,4,11,13H2,1-3H3. The molecule has 0 amide bonds. The molecule has 0 aliphatic heterocycles. The Kier molecular flexibility index (Phi) is 5.16. The third-order valence-corrected chi connectivity index (χ3v) is 3.73. The fourth-order valence-corrected chi connectivity index (χ4v) is 2.55. The van der Waals surface area contributed by atoms with Crippen LogP contribution in [-0.2, 0) is 19.4 Å². The van der Waals surface area contributed by atoms with Crippen LogP contribution in [0.5, 0.6) is 0 Å². The number of benzene rings is 1. The summed E-state index contributed by atoms with van der Waals surface area (Å²) < 4.78 is 1.80. The van der Waals surface area contributed by atoms with Gasteiger partial charge in [-0.15, -0.1) is 0 Å². The minimum Gasteiger partial charge on any atom is -0.308 e. The van der Waals surface area contributed by atoms with Crippen molar-refractivity contribution in [2.75, 3.05) is 0 Å². The lowest BCUT2D eigenvalue weighted by atomic mass is 10.0. The summed E-state index contributed by atoms with van der Waals surface area (Å²) in [5.41, 5.74) is 3.76. The molecule has 1 heterocycles. The number of aromatic nitrogens is 1. The van der Waals surface area contributed by atoms with Crippen LogP contribution in [0.3, 0.4) is 0 Å². The van der Waals surface area contributed by atoms with E-state index in [1.807, 2.05) is 6.07 Å². The molecule has 3 nitrogen and oxygen atoms in total. The van der Waals surface area contributed by atoms with Crippen molar-refractivity contribution in [3.05, 3.63) is 57.9 Å². The largest absolute Gasteiger partial charge is 0.308 e. The van der Waals surface area contributed by atoms with E-state index in [0.717, 1.165) is 17.7 Å². The fourth-order valence-electron chi connectivity index (χ4n) is 2.55. The number of nitriles is 1. The summed E-state index contributed by atoms with van der Waals surface area (Å²) in [6.07, 6.45) is 1.16. The number of nitrogens with zero attached hydrogens (tertiary/aromatic N) is 2. The fraction of sp³-hybridized carbons (Fsp3) is 0.368. The third-order valence-electron chi connectivity index (χ3n) is 3.73. The van der Waals surface area contributed by atoms with Gasteiger partial charge in [0.25, 0.3) is 5.56 Å². The molecule has 0 fully saturated rings. The summed E-state index contributed by atoms with van der Waals surface area (Å²) in [4.78, 5) is 12.6. The maximum atomic E-state index is 12.6. The van der Waals surface area contributed by atoms with Gasteiger partial charge in [-0.25, -0.2) is 0 Å². The molecule has 1 aromatic heterocycles. The van der Waals surface area contributed by atoms with Gasteiger partial charge in [-0.1, -0.05) is 51.1 Å². The minimum atomic E-state index is -0.0488. The summed E-state index contributed by atoms with van der Waals surface area (Å²) in [5.74, 6) is 0.365. The molecular formula is C19H22N2O. The van der Waals surface area contributed by atoms with E-state index in [9.17, 15) is 4.79 Å². The first kappa shape index (κ1) is 16.0. The molecule has 0 aliphatic carbocycles. The summed E-state index contributed by atoms with van der Waals surface area (Å²) in [6, 6.07) is 14.1. The lowest BCUT2D eigenvalue weighted by Gasteiger charge is -2.16. The Bertz CT molecular complexity index is 734. The molecule has 0 saturated carbocycles. The van der Waals surface area contributed by atoms with E-state index in [2.05, 4.69) is 51.1 Å². The maximum absolute atomic E-state index is 12.6. The van der Waals surface area contributed by atoms with Gasteiger partial charge >= 0.3 is 0 Å². The van der Waals surface area contributed by atoms with Crippen molar-refractivity contribution in [2.45, 2.75) is 40.2 Å². The second-order valence-corrected chi connectivity index (χ2v) is 5.94. The maximum Gasteiger partial charge on any atom is 0.255 e. The van der Waals surface area contributed by atoms with Crippen LogP contribution in [-0.4, -0.2) is 4.57 Å². The summed E-state index contributed by atoms with van der Waals surface area (Å²) in [6.45, 7) is 6.96. The van der Waals surface area contributed by atoms with Crippen LogP contribution in [0, 0.1) is 17.2 Å². The predicted octanol–water partition coefficient (Wildman–Crippen LogP) is 3.80. The van der Waals surface area contributed by atoms with Crippen molar-refractivity contribution >= 4 is 0 Å². The topological polar surface area (TPSA) is 45.8 Å². The van der Waals surface area contributed by atoms with Gasteiger partial charge in [-0.3, -0.25) is 4.79 Å². The number of aryl methyl sites for hydroxylation is 1. The van der Waals surface area contributed by atoms with Gasteiger partial charge in [-0.05, 0) is 29.5 Å². The summed E-state index contributed by atoms with van der Waals surface area (Å²) >= 11 is 0. The van der Waals surface area contributed by atoms with E-state index in [0.29, 0.717) is 18.0 Å². The molecule has 0 radical (unpaired) electrons. The van der Waals surface area contributed by atoms with Crippen LogP contribution in [0.15, 0.2) is 41.2 Å². The number of rotatable bonds is 5. The van der Waals surface area contributed by atoms with E-state index >= 15 is 0 Å². The van der Waals surface area contributed by atoms with Crippen molar-refractivity contribution in [1.29, 1.82) is 5.26 Å². The normalized spacial score (nSPS) is 10.7. The van der Waals surface area contributed by atoms with Crippen LogP contribution < -0.4 is 5.56 Å². The molecule has 22 heavy (non-hydrogen) atoms. The van der Waals surface area contributed by atoms with Crippen molar-refractivity contribution in [3.63, 3.8) is 0 Å². The molecule has 0 aliphatic rings. The molecule has 0 unspecified atom stereocenters.